The number of benzene rings is 3. The van der Waals surface area contributed by atoms with Crippen LogP contribution in [0.2, 0.25) is 0 Å². The summed E-state index contributed by atoms with van der Waals surface area (Å²) in [6.45, 7) is 1.86. The topological polar surface area (TPSA) is 96.5 Å². The van der Waals surface area contributed by atoms with Gasteiger partial charge in [-0.25, -0.2) is 0 Å². The second kappa shape index (κ2) is 10.6. The van der Waals surface area contributed by atoms with Gasteiger partial charge in [0.1, 0.15) is 5.75 Å². The number of hydrogen-bond acceptors (Lipinski definition) is 4. The molecule has 7 heteroatoms. The second-order valence-electron chi connectivity index (χ2n) is 6.87. The number of anilines is 1. The minimum absolute atomic E-state index is 0.227. The van der Waals surface area contributed by atoms with Crippen molar-refractivity contribution in [3.8, 4) is 5.75 Å². The maximum atomic E-state index is 12.4. The zero-order chi connectivity index (χ0) is 22.9. The van der Waals surface area contributed by atoms with Gasteiger partial charge in [0.15, 0.2) is 0 Å². The highest BCUT2D eigenvalue weighted by molar-refractivity contribution is 6.05. The molecular formula is C25H23N3O4. The molecule has 0 unspecified atom stereocenters. The standard InChI is InChI=1S/C25H23N3O4/c1-17-7-3-5-9-21(17)25(31)26-20-14-11-19(12-15-20)24(30)28-27-23(29)16-13-18-8-4-6-10-22(18)32-2/h3-16H,1-2H3,(H,26,31)(H,27,29)(H,28,30)/b16-13+. The molecule has 0 spiro atoms. The normalized spacial score (nSPS) is 10.4. The fraction of sp³-hybridized carbons (Fsp3) is 0.0800. The summed E-state index contributed by atoms with van der Waals surface area (Å²) in [5.41, 5.74) is 7.75. The van der Waals surface area contributed by atoms with Crippen LogP contribution in [0.25, 0.3) is 6.08 Å². The smallest absolute Gasteiger partial charge is 0.269 e. The first kappa shape index (κ1) is 22.3. The summed E-state index contributed by atoms with van der Waals surface area (Å²) in [7, 11) is 1.55. The number of ether oxygens (including phenoxy) is 1. The predicted octanol–water partition coefficient (Wildman–Crippen LogP) is 3.73. The molecule has 7 nitrogen and oxygen atoms in total. The second-order valence-corrected chi connectivity index (χ2v) is 6.87. The van der Waals surface area contributed by atoms with E-state index >= 15 is 0 Å². The lowest BCUT2D eigenvalue weighted by Crippen LogP contribution is -2.40. The molecule has 3 amide bonds. The van der Waals surface area contributed by atoms with Gasteiger partial charge in [-0.15, -0.1) is 0 Å². The minimum atomic E-state index is -0.494. The molecule has 0 aliphatic heterocycles. The van der Waals surface area contributed by atoms with Crippen molar-refractivity contribution in [1.82, 2.24) is 10.9 Å². The van der Waals surface area contributed by atoms with Crippen LogP contribution in [0.4, 0.5) is 5.69 Å². The van der Waals surface area contributed by atoms with E-state index in [0.717, 1.165) is 11.1 Å². The molecule has 0 atom stereocenters. The van der Waals surface area contributed by atoms with E-state index in [2.05, 4.69) is 16.2 Å². The average molecular weight is 429 g/mol. The third-order valence-corrected chi connectivity index (χ3v) is 4.65. The number of hydrogen-bond donors (Lipinski definition) is 3. The van der Waals surface area contributed by atoms with E-state index in [0.29, 0.717) is 22.6 Å². The van der Waals surface area contributed by atoms with Crippen molar-refractivity contribution in [2.75, 3.05) is 12.4 Å². The van der Waals surface area contributed by atoms with Crippen molar-refractivity contribution in [3.05, 3.63) is 101 Å². The number of nitrogens with one attached hydrogen (secondary N) is 3. The molecule has 0 bridgehead atoms. The minimum Gasteiger partial charge on any atom is -0.496 e. The van der Waals surface area contributed by atoms with E-state index in [1.54, 1.807) is 61.7 Å². The summed E-state index contributed by atoms with van der Waals surface area (Å²) < 4.78 is 5.22. The first-order valence-corrected chi connectivity index (χ1v) is 9.86. The van der Waals surface area contributed by atoms with Crippen molar-refractivity contribution in [1.29, 1.82) is 0 Å². The van der Waals surface area contributed by atoms with E-state index in [9.17, 15) is 14.4 Å². The van der Waals surface area contributed by atoms with Crippen LogP contribution in [0.1, 0.15) is 31.8 Å². The van der Waals surface area contributed by atoms with E-state index in [-0.39, 0.29) is 5.91 Å². The third kappa shape index (κ3) is 5.82. The lowest BCUT2D eigenvalue weighted by atomic mass is 10.1. The molecule has 0 saturated carbocycles. The molecule has 3 aromatic carbocycles. The van der Waals surface area contributed by atoms with Gasteiger partial charge in [-0.1, -0.05) is 36.4 Å². The summed E-state index contributed by atoms with van der Waals surface area (Å²) in [5, 5.41) is 2.80. The Hall–Kier alpha value is -4.39. The number of methoxy groups -OCH3 is 1. The van der Waals surface area contributed by atoms with Gasteiger partial charge in [0.25, 0.3) is 17.7 Å². The van der Waals surface area contributed by atoms with Gasteiger partial charge in [-0.05, 0) is 55.0 Å². The molecule has 32 heavy (non-hydrogen) atoms. The monoisotopic (exact) mass is 429 g/mol. The van der Waals surface area contributed by atoms with E-state index in [1.807, 2.05) is 31.2 Å². The SMILES string of the molecule is COc1ccccc1/C=C/C(=O)NNC(=O)c1ccc(NC(=O)c2ccccc2C)cc1. The van der Waals surface area contributed by atoms with E-state index in [4.69, 9.17) is 4.74 Å². The molecule has 3 rings (SSSR count). The van der Waals surface area contributed by atoms with E-state index in [1.165, 1.54) is 6.08 Å². The molecule has 0 heterocycles. The number of para-hydroxylation sites is 1. The zero-order valence-corrected chi connectivity index (χ0v) is 17.7. The number of carbonyl (C=O) groups excluding carboxylic acids is 3. The number of rotatable bonds is 6. The fourth-order valence-electron chi connectivity index (χ4n) is 2.93. The maximum Gasteiger partial charge on any atom is 0.269 e. The first-order chi connectivity index (χ1) is 15.5. The summed E-state index contributed by atoms with van der Waals surface area (Å²) in [5.74, 6) is -0.572. The number of hydrazine groups is 1. The molecule has 0 aliphatic rings. The van der Waals surface area contributed by atoms with Crippen molar-refractivity contribution < 1.29 is 19.1 Å². The molecule has 3 N–H and O–H groups in total. The van der Waals surface area contributed by atoms with Crippen molar-refractivity contribution in [3.63, 3.8) is 0 Å². The predicted molar refractivity (Wildman–Crippen MR) is 123 cm³/mol. The highest BCUT2D eigenvalue weighted by Crippen LogP contribution is 2.18. The quantitative estimate of drug-likeness (QED) is 0.411. The maximum absolute atomic E-state index is 12.4. The van der Waals surface area contributed by atoms with Crippen molar-refractivity contribution in [2.24, 2.45) is 0 Å². The highest BCUT2D eigenvalue weighted by atomic mass is 16.5. The Kier molecular flexibility index (Phi) is 7.37. The van der Waals surface area contributed by atoms with Crippen LogP contribution in [0.15, 0.2) is 78.9 Å². The van der Waals surface area contributed by atoms with Crippen LogP contribution in [0.3, 0.4) is 0 Å². The van der Waals surface area contributed by atoms with Crippen molar-refractivity contribution >= 4 is 29.5 Å². The molecular weight excluding hydrogens is 406 g/mol. The lowest BCUT2D eigenvalue weighted by molar-refractivity contribution is -0.117. The Labute approximate surface area is 186 Å². The van der Waals surface area contributed by atoms with Gasteiger partial charge in [0.2, 0.25) is 0 Å². The van der Waals surface area contributed by atoms with Crippen LogP contribution < -0.4 is 20.9 Å². The van der Waals surface area contributed by atoms with Gasteiger partial charge >= 0.3 is 0 Å². The van der Waals surface area contributed by atoms with Gasteiger partial charge in [-0.3, -0.25) is 25.2 Å². The van der Waals surface area contributed by atoms with Crippen LogP contribution >= 0.6 is 0 Å². The largest absolute Gasteiger partial charge is 0.496 e. The van der Waals surface area contributed by atoms with Gasteiger partial charge in [0, 0.05) is 28.5 Å². The van der Waals surface area contributed by atoms with Crippen LogP contribution in [0, 0.1) is 6.92 Å². The Balaban J connectivity index is 1.53. The Morgan fingerprint density at radius 3 is 2.22 bits per heavy atom. The van der Waals surface area contributed by atoms with Gasteiger partial charge in [-0.2, -0.15) is 0 Å². The van der Waals surface area contributed by atoms with E-state index < -0.39 is 11.8 Å². The summed E-state index contributed by atoms with van der Waals surface area (Å²) >= 11 is 0. The lowest BCUT2D eigenvalue weighted by Gasteiger charge is -2.09. The number of carbonyl (C=O) groups is 3. The zero-order valence-electron chi connectivity index (χ0n) is 17.7. The molecule has 0 aromatic heterocycles. The first-order valence-electron chi connectivity index (χ1n) is 9.86. The fourth-order valence-corrected chi connectivity index (χ4v) is 2.93. The Bertz CT molecular complexity index is 1150. The summed E-state index contributed by atoms with van der Waals surface area (Å²) in [6.07, 6.45) is 2.88. The third-order valence-electron chi connectivity index (χ3n) is 4.65. The summed E-state index contributed by atoms with van der Waals surface area (Å²) in [6, 6.07) is 20.9. The molecule has 0 aliphatic carbocycles. The van der Waals surface area contributed by atoms with Crippen LogP contribution in [-0.4, -0.2) is 24.8 Å². The summed E-state index contributed by atoms with van der Waals surface area (Å²) in [4.78, 5) is 36.6. The molecule has 0 fully saturated rings. The number of amides is 3. The Morgan fingerprint density at radius 1 is 0.812 bits per heavy atom. The molecule has 162 valence electrons. The Morgan fingerprint density at radius 2 is 1.50 bits per heavy atom. The molecule has 0 saturated heterocycles. The molecule has 0 radical (unpaired) electrons. The average Bonchev–Trinajstić information content (AvgIpc) is 2.82. The highest BCUT2D eigenvalue weighted by Gasteiger charge is 2.10. The van der Waals surface area contributed by atoms with Gasteiger partial charge in [0.05, 0.1) is 7.11 Å². The number of aryl methyl sites for hydroxylation is 1. The van der Waals surface area contributed by atoms with Crippen molar-refractivity contribution in [2.45, 2.75) is 6.92 Å². The molecule has 3 aromatic rings. The van der Waals surface area contributed by atoms with Gasteiger partial charge < -0.3 is 10.1 Å². The van der Waals surface area contributed by atoms with Crippen LogP contribution in [0.5, 0.6) is 5.75 Å². The van der Waals surface area contributed by atoms with Crippen LogP contribution in [-0.2, 0) is 4.79 Å².